The molecule has 0 unspecified atom stereocenters. The Labute approximate surface area is 152 Å². The number of aliphatic hydroxyl groups is 6. The molecular weight excluding hydrogens is 374 g/mol. The van der Waals surface area contributed by atoms with Crippen LogP contribution < -0.4 is 5.32 Å². The Balaban J connectivity index is 2.20. The molecule has 8 N–H and O–H groups in total. The average Bonchev–Trinajstić information content (AvgIpc) is 2.60. The molecule has 0 bridgehead atoms. The van der Waals surface area contributed by atoms with Gasteiger partial charge in [-0.25, -0.2) is 4.79 Å². The highest BCUT2D eigenvalue weighted by molar-refractivity contribution is 5.73. The zero-order valence-corrected chi connectivity index (χ0v) is 14.2. The minimum Gasteiger partial charge on any atom is -0.479 e. The first kappa shape index (κ1) is 21.9. The second-order valence-corrected chi connectivity index (χ2v) is 6.30. The van der Waals surface area contributed by atoms with E-state index in [1.54, 1.807) is 0 Å². The van der Waals surface area contributed by atoms with Crippen LogP contribution in [0.25, 0.3) is 0 Å². The molecular formula is C14H23NO12. The van der Waals surface area contributed by atoms with Crippen LogP contribution in [0.5, 0.6) is 0 Å². The van der Waals surface area contributed by atoms with E-state index in [4.69, 9.17) is 19.3 Å². The number of nitrogens with one attached hydrogen (secondary N) is 1. The van der Waals surface area contributed by atoms with Crippen LogP contribution in [0.2, 0.25) is 0 Å². The first-order valence-electron chi connectivity index (χ1n) is 8.06. The summed E-state index contributed by atoms with van der Waals surface area (Å²) < 4.78 is 15.3. The van der Waals surface area contributed by atoms with E-state index in [1.807, 2.05) is 0 Å². The highest BCUT2D eigenvalue weighted by Gasteiger charge is 2.52. The Hall–Kier alpha value is -1.42. The molecule has 1 amide bonds. The van der Waals surface area contributed by atoms with Gasteiger partial charge in [0.1, 0.15) is 42.7 Å². The molecule has 156 valence electrons. The van der Waals surface area contributed by atoms with Gasteiger partial charge in [-0.2, -0.15) is 0 Å². The number of carboxylic acids is 1. The molecule has 2 aliphatic rings. The Bertz CT molecular complexity index is 546. The zero-order valence-electron chi connectivity index (χ0n) is 14.2. The number of carbonyl (C=O) groups is 2. The lowest BCUT2D eigenvalue weighted by atomic mass is 9.95. The van der Waals surface area contributed by atoms with Crippen LogP contribution in [0, 0.1) is 0 Å². The van der Waals surface area contributed by atoms with Gasteiger partial charge in [0, 0.05) is 6.92 Å². The number of aliphatic carboxylic acids is 1. The minimum absolute atomic E-state index is 0.610. The van der Waals surface area contributed by atoms with Gasteiger partial charge in [-0.05, 0) is 0 Å². The zero-order chi connectivity index (χ0) is 20.5. The number of amides is 1. The van der Waals surface area contributed by atoms with Gasteiger partial charge in [0.25, 0.3) is 0 Å². The van der Waals surface area contributed by atoms with E-state index < -0.39 is 79.8 Å². The van der Waals surface area contributed by atoms with Crippen LogP contribution in [0.3, 0.4) is 0 Å². The third-order valence-electron chi connectivity index (χ3n) is 4.35. The standard InChI is InChI=1S/C14H23NO12/c1-3(17)15-5-6(18)10(4(2-16)25-13(5)24)26-14-9(21)7(19)8(20)11(27-14)12(22)23/h4-11,13-14,16,18-21,24H,2H2,1H3,(H,15,17)(H,22,23)/t4-,5-,6-,7+,8+,9-,10-,11+,13-,14-/m1/s1. The van der Waals surface area contributed by atoms with E-state index in [0.717, 1.165) is 6.92 Å². The Morgan fingerprint density at radius 2 is 1.63 bits per heavy atom. The molecule has 2 rings (SSSR count). The number of hydrogen-bond acceptors (Lipinski definition) is 11. The molecule has 0 aromatic rings. The van der Waals surface area contributed by atoms with Gasteiger partial charge in [-0.15, -0.1) is 0 Å². The van der Waals surface area contributed by atoms with Crippen LogP contribution >= 0.6 is 0 Å². The van der Waals surface area contributed by atoms with Crippen molar-refractivity contribution >= 4 is 11.9 Å². The molecule has 2 fully saturated rings. The average molecular weight is 397 g/mol. The van der Waals surface area contributed by atoms with Crippen molar-refractivity contribution in [1.29, 1.82) is 0 Å². The molecule has 0 aromatic carbocycles. The lowest BCUT2D eigenvalue weighted by Gasteiger charge is -2.45. The van der Waals surface area contributed by atoms with Gasteiger partial charge in [0.2, 0.25) is 5.91 Å². The molecule has 13 nitrogen and oxygen atoms in total. The van der Waals surface area contributed by atoms with E-state index in [0.29, 0.717) is 0 Å². The maximum atomic E-state index is 11.2. The highest BCUT2D eigenvalue weighted by atomic mass is 16.7. The Kier molecular flexibility index (Phi) is 7.07. The number of carbonyl (C=O) groups excluding carboxylic acids is 1. The smallest absolute Gasteiger partial charge is 0.335 e. The van der Waals surface area contributed by atoms with Gasteiger partial charge in [0.05, 0.1) is 6.61 Å². The van der Waals surface area contributed by atoms with Gasteiger partial charge >= 0.3 is 5.97 Å². The summed E-state index contributed by atoms with van der Waals surface area (Å²) in [5, 5.41) is 70.4. The summed E-state index contributed by atoms with van der Waals surface area (Å²) in [7, 11) is 0. The van der Waals surface area contributed by atoms with E-state index in [9.17, 15) is 40.2 Å². The summed E-state index contributed by atoms with van der Waals surface area (Å²) in [4.78, 5) is 22.4. The predicted molar refractivity (Wildman–Crippen MR) is 80.8 cm³/mol. The van der Waals surface area contributed by atoms with E-state index in [2.05, 4.69) is 5.32 Å². The molecule has 2 saturated heterocycles. The molecule has 0 radical (unpaired) electrons. The van der Waals surface area contributed by atoms with Crippen LogP contribution in [0.15, 0.2) is 0 Å². The van der Waals surface area contributed by atoms with Crippen molar-refractivity contribution in [2.75, 3.05) is 6.61 Å². The first-order chi connectivity index (χ1) is 12.6. The van der Waals surface area contributed by atoms with Crippen LogP contribution in [-0.2, 0) is 23.8 Å². The second kappa shape index (κ2) is 8.72. The SMILES string of the molecule is CC(=O)N[C@@H]1[C@@H](O)[C@H](O[C@@H]2O[C@H](C(=O)O)[C@@H](O)[C@H](O)[C@H]2O)[C@@H](CO)O[C@H]1O. The molecule has 0 aliphatic carbocycles. The highest BCUT2D eigenvalue weighted by Crippen LogP contribution is 2.28. The van der Waals surface area contributed by atoms with E-state index >= 15 is 0 Å². The lowest BCUT2D eigenvalue weighted by molar-refractivity contribution is -0.340. The summed E-state index contributed by atoms with van der Waals surface area (Å²) in [6.45, 7) is 0.374. The molecule has 13 heteroatoms. The number of aliphatic hydroxyl groups excluding tert-OH is 6. The first-order valence-corrected chi connectivity index (χ1v) is 8.06. The number of hydrogen-bond donors (Lipinski definition) is 8. The number of ether oxygens (including phenoxy) is 3. The fraction of sp³-hybridized carbons (Fsp3) is 0.857. The lowest BCUT2D eigenvalue weighted by Crippen LogP contribution is -2.67. The normalized spacial score (nSPS) is 45.3. The Morgan fingerprint density at radius 3 is 2.15 bits per heavy atom. The topological polar surface area (TPSA) is 215 Å². The third-order valence-corrected chi connectivity index (χ3v) is 4.35. The van der Waals surface area contributed by atoms with Crippen molar-refractivity contribution in [3.8, 4) is 0 Å². The number of rotatable bonds is 5. The summed E-state index contributed by atoms with van der Waals surface area (Å²) in [6, 6.07) is -1.36. The van der Waals surface area contributed by atoms with E-state index in [1.165, 1.54) is 0 Å². The molecule has 27 heavy (non-hydrogen) atoms. The van der Waals surface area contributed by atoms with Gasteiger partial charge in [-0.3, -0.25) is 4.79 Å². The van der Waals surface area contributed by atoms with Crippen molar-refractivity contribution in [3.63, 3.8) is 0 Å². The predicted octanol–water partition coefficient (Wildman–Crippen LogP) is -5.16. The molecule has 0 saturated carbocycles. The van der Waals surface area contributed by atoms with Crippen LogP contribution in [-0.4, -0.2) is 116 Å². The molecule has 0 spiro atoms. The minimum atomic E-state index is -1.94. The summed E-state index contributed by atoms with van der Waals surface area (Å²) in [6.07, 6.45) is -15.7. The molecule has 2 aliphatic heterocycles. The summed E-state index contributed by atoms with van der Waals surface area (Å²) >= 11 is 0. The molecule has 10 atom stereocenters. The number of carboxylic acid groups (broad SMARTS) is 1. The van der Waals surface area contributed by atoms with Gasteiger partial charge in [0.15, 0.2) is 18.7 Å². The van der Waals surface area contributed by atoms with Crippen LogP contribution in [0.1, 0.15) is 6.92 Å². The van der Waals surface area contributed by atoms with Crippen LogP contribution in [0.4, 0.5) is 0 Å². The largest absolute Gasteiger partial charge is 0.479 e. The second-order valence-electron chi connectivity index (χ2n) is 6.30. The van der Waals surface area contributed by atoms with Crippen molar-refractivity contribution < 1.29 is 59.5 Å². The monoisotopic (exact) mass is 397 g/mol. The summed E-state index contributed by atoms with van der Waals surface area (Å²) in [5.41, 5.74) is 0. The summed E-state index contributed by atoms with van der Waals surface area (Å²) in [5.74, 6) is -2.24. The van der Waals surface area contributed by atoms with Gasteiger partial charge in [-0.1, -0.05) is 0 Å². The van der Waals surface area contributed by atoms with Crippen molar-refractivity contribution in [2.45, 2.75) is 68.3 Å². The van der Waals surface area contributed by atoms with Crippen molar-refractivity contribution in [2.24, 2.45) is 0 Å². The molecule has 2 heterocycles. The van der Waals surface area contributed by atoms with Crippen molar-refractivity contribution in [1.82, 2.24) is 5.32 Å². The third kappa shape index (κ3) is 4.53. The maximum Gasteiger partial charge on any atom is 0.335 e. The molecule has 0 aromatic heterocycles. The van der Waals surface area contributed by atoms with E-state index in [-0.39, 0.29) is 0 Å². The van der Waals surface area contributed by atoms with Crippen molar-refractivity contribution in [3.05, 3.63) is 0 Å². The fourth-order valence-electron chi connectivity index (χ4n) is 2.96. The quantitative estimate of drug-likeness (QED) is 0.218. The fourth-order valence-corrected chi connectivity index (χ4v) is 2.96. The maximum absolute atomic E-state index is 11.2. The van der Waals surface area contributed by atoms with Gasteiger partial charge < -0.3 is 55.3 Å². The Morgan fingerprint density at radius 1 is 1.00 bits per heavy atom.